The van der Waals surface area contributed by atoms with Crippen LogP contribution in [0.2, 0.25) is 5.02 Å². The molecule has 0 aliphatic carbocycles. The number of carbonyl (C=O) groups excluding carboxylic acids is 1. The van der Waals surface area contributed by atoms with Crippen LogP contribution in [0.3, 0.4) is 0 Å². The van der Waals surface area contributed by atoms with Crippen molar-refractivity contribution in [3.8, 4) is 0 Å². The molecule has 1 aliphatic heterocycles. The Labute approximate surface area is 114 Å². The SMILES string of the molecule is O=C1CC(CS(=O)(=O)F)CN1c1c(F)cccc1Cl. The van der Waals surface area contributed by atoms with Gasteiger partial charge in [-0.05, 0) is 12.1 Å². The topological polar surface area (TPSA) is 54.5 Å². The maximum atomic E-state index is 13.7. The Hall–Kier alpha value is -1.21. The molecule has 19 heavy (non-hydrogen) atoms. The summed E-state index contributed by atoms with van der Waals surface area (Å²) in [6, 6.07) is 3.96. The second-order valence-corrected chi connectivity index (χ2v) is 6.17. The maximum Gasteiger partial charge on any atom is 0.302 e. The van der Waals surface area contributed by atoms with Gasteiger partial charge in [0, 0.05) is 18.9 Å². The van der Waals surface area contributed by atoms with Crippen molar-refractivity contribution in [2.75, 3.05) is 17.2 Å². The van der Waals surface area contributed by atoms with Gasteiger partial charge in [0.25, 0.3) is 0 Å². The van der Waals surface area contributed by atoms with E-state index in [0.717, 1.165) is 11.0 Å². The molecule has 1 atom stereocenters. The van der Waals surface area contributed by atoms with E-state index in [-0.39, 0.29) is 23.7 Å². The Morgan fingerprint density at radius 3 is 2.68 bits per heavy atom. The van der Waals surface area contributed by atoms with Crippen molar-refractivity contribution in [1.82, 2.24) is 0 Å². The van der Waals surface area contributed by atoms with Gasteiger partial charge in [-0.25, -0.2) is 4.39 Å². The Morgan fingerprint density at radius 2 is 2.11 bits per heavy atom. The molecule has 0 N–H and O–H groups in total. The first kappa shape index (κ1) is 14.2. The number of benzene rings is 1. The summed E-state index contributed by atoms with van der Waals surface area (Å²) in [5.74, 6) is -2.59. The molecule has 1 heterocycles. The number of carbonyl (C=O) groups is 1. The van der Waals surface area contributed by atoms with Gasteiger partial charge in [-0.3, -0.25) is 4.79 Å². The molecule has 1 aromatic carbocycles. The molecule has 1 unspecified atom stereocenters. The molecular weight excluding hydrogens is 300 g/mol. The standard InChI is InChI=1S/C11H10ClF2NO3S/c12-8-2-1-3-9(13)11(8)15-5-7(4-10(15)16)6-19(14,17)18/h1-3,7H,4-6H2. The smallest absolute Gasteiger partial charge is 0.302 e. The number of para-hydroxylation sites is 1. The first-order valence-electron chi connectivity index (χ1n) is 5.44. The number of nitrogens with zero attached hydrogens (tertiary/aromatic N) is 1. The minimum Gasteiger partial charge on any atom is -0.308 e. The highest BCUT2D eigenvalue weighted by Gasteiger charge is 2.35. The van der Waals surface area contributed by atoms with Crippen LogP contribution < -0.4 is 4.90 Å². The van der Waals surface area contributed by atoms with E-state index < -0.39 is 33.6 Å². The summed E-state index contributed by atoms with van der Waals surface area (Å²) < 4.78 is 47.4. The van der Waals surface area contributed by atoms with Gasteiger partial charge in [0.2, 0.25) is 5.91 Å². The van der Waals surface area contributed by atoms with Crippen molar-refractivity contribution in [3.63, 3.8) is 0 Å². The van der Waals surface area contributed by atoms with E-state index >= 15 is 0 Å². The molecule has 1 aromatic rings. The zero-order valence-corrected chi connectivity index (χ0v) is 11.2. The van der Waals surface area contributed by atoms with Crippen LogP contribution >= 0.6 is 11.6 Å². The fourth-order valence-electron chi connectivity index (χ4n) is 2.14. The Kier molecular flexibility index (Phi) is 3.78. The first-order valence-corrected chi connectivity index (χ1v) is 7.37. The van der Waals surface area contributed by atoms with Crippen LogP contribution in [-0.2, 0) is 15.0 Å². The van der Waals surface area contributed by atoms with Crippen molar-refractivity contribution < 1.29 is 21.5 Å². The van der Waals surface area contributed by atoms with Gasteiger partial charge in [-0.2, -0.15) is 8.42 Å². The normalized spacial score (nSPS) is 20.1. The van der Waals surface area contributed by atoms with Crippen molar-refractivity contribution in [3.05, 3.63) is 29.0 Å². The quantitative estimate of drug-likeness (QED) is 0.804. The van der Waals surface area contributed by atoms with E-state index in [9.17, 15) is 21.5 Å². The van der Waals surface area contributed by atoms with Crippen LogP contribution in [0.25, 0.3) is 0 Å². The van der Waals surface area contributed by atoms with Gasteiger partial charge in [0.15, 0.2) is 0 Å². The van der Waals surface area contributed by atoms with Crippen molar-refractivity contribution in [2.24, 2.45) is 5.92 Å². The number of hydrogen-bond donors (Lipinski definition) is 0. The van der Waals surface area contributed by atoms with Crippen LogP contribution in [0.15, 0.2) is 18.2 Å². The van der Waals surface area contributed by atoms with Gasteiger partial charge in [-0.1, -0.05) is 17.7 Å². The van der Waals surface area contributed by atoms with Crippen molar-refractivity contribution >= 4 is 33.4 Å². The molecule has 0 aromatic heterocycles. The van der Waals surface area contributed by atoms with Gasteiger partial charge in [0.1, 0.15) is 5.82 Å². The van der Waals surface area contributed by atoms with E-state index in [4.69, 9.17) is 11.6 Å². The van der Waals surface area contributed by atoms with Crippen molar-refractivity contribution in [1.29, 1.82) is 0 Å². The highest BCUT2D eigenvalue weighted by molar-refractivity contribution is 7.86. The van der Waals surface area contributed by atoms with Crippen LogP contribution in [0.1, 0.15) is 6.42 Å². The van der Waals surface area contributed by atoms with Crippen LogP contribution in [0.5, 0.6) is 0 Å². The Morgan fingerprint density at radius 1 is 1.42 bits per heavy atom. The highest BCUT2D eigenvalue weighted by atomic mass is 35.5. The lowest BCUT2D eigenvalue weighted by Gasteiger charge is -2.18. The minimum absolute atomic E-state index is 0.0529. The lowest BCUT2D eigenvalue weighted by atomic mass is 10.1. The summed E-state index contributed by atoms with van der Waals surface area (Å²) in [5.41, 5.74) is -0.0899. The van der Waals surface area contributed by atoms with Gasteiger partial charge in [0.05, 0.1) is 16.5 Å². The summed E-state index contributed by atoms with van der Waals surface area (Å²) in [7, 11) is -4.66. The Balaban J connectivity index is 2.26. The molecule has 0 saturated carbocycles. The molecule has 1 aliphatic rings. The number of hydrogen-bond acceptors (Lipinski definition) is 3. The molecule has 1 saturated heterocycles. The minimum atomic E-state index is -4.66. The third-order valence-electron chi connectivity index (χ3n) is 2.85. The lowest BCUT2D eigenvalue weighted by Crippen LogP contribution is -2.26. The zero-order valence-electron chi connectivity index (χ0n) is 9.64. The molecule has 4 nitrogen and oxygen atoms in total. The molecule has 1 amide bonds. The van der Waals surface area contributed by atoms with Gasteiger partial charge >= 0.3 is 10.2 Å². The van der Waals surface area contributed by atoms with E-state index in [1.165, 1.54) is 12.1 Å². The fourth-order valence-corrected chi connectivity index (χ4v) is 3.19. The number of rotatable bonds is 3. The summed E-state index contributed by atoms with van der Waals surface area (Å²) in [6.45, 7) is -0.0668. The largest absolute Gasteiger partial charge is 0.308 e. The summed E-state index contributed by atoms with van der Waals surface area (Å²) in [6.07, 6.45) is -0.145. The predicted molar refractivity (Wildman–Crippen MR) is 66.8 cm³/mol. The van der Waals surface area contributed by atoms with E-state index in [1.54, 1.807) is 0 Å². The molecule has 0 radical (unpaired) electrons. The van der Waals surface area contributed by atoms with Crippen molar-refractivity contribution in [2.45, 2.75) is 6.42 Å². The van der Waals surface area contributed by atoms with E-state index in [2.05, 4.69) is 0 Å². The average Bonchev–Trinajstić information content (AvgIpc) is 2.56. The maximum absolute atomic E-state index is 13.7. The summed E-state index contributed by atoms with van der Waals surface area (Å²) >= 11 is 5.83. The second kappa shape index (κ2) is 5.05. The third-order valence-corrected chi connectivity index (χ3v) is 4.02. The molecule has 1 fully saturated rings. The lowest BCUT2D eigenvalue weighted by molar-refractivity contribution is -0.117. The van der Waals surface area contributed by atoms with E-state index in [0.29, 0.717) is 0 Å². The third kappa shape index (κ3) is 3.22. The van der Waals surface area contributed by atoms with Crippen LogP contribution in [0.4, 0.5) is 14.0 Å². The second-order valence-electron chi connectivity index (χ2n) is 4.35. The summed E-state index contributed by atoms with van der Waals surface area (Å²) in [5, 5.41) is 0.0529. The Bertz CT molecular complexity index is 600. The highest BCUT2D eigenvalue weighted by Crippen LogP contribution is 2.33. The van der Waals surface area contributed by atoms with Gasteiger partial charge < -0.3 is 4.90 Å². The molecular formula is C11H10ClF2NO3S. The molecule has 8 heteroatoms. The monoisotopic (exact) mass is 309 g/mol. The van der Waals surface area contributed by atoms with Gasteiger partial charge in [-0.15, -0.1) is 3.89 Å². The van der Waals surface area contributed by atoms with Crippen LogP contribution in [-0.4, -0.2) is 26.6 Å². The van der Waals surface area contributed by atoms with E-state index in [1.807, 2.05) is 0 Å². The number of amides is 1. The predicted octanol–water partition coefficient (Wildman–Crippen LogP) is 2.13. The fraction of sp³-hybridized carbons (Fsp3) is 0.364. The molecule has 0 bridgehead atoms. The van der Waals surface area contributed by atoms with Crippen LogP contribution in [0, 0.1) is 11.7 Å². The average molecular weight is 310 g/mol. The number of halogens is 3. The molecule has 0 spiro atoms. The zero-order chi connectivity index (χ0) is 14.2. The summed E-state index contributed by atoms with van der Waals surface area (Å²) in [4.78, 5) is 12.8. The number of anilines is 1. The molecule has 2 rings (SSSR count). The molecule has 104 valence electrons. The first-order chi connectivity index (χ1) is 8.78.